The summed E-state index contributed by atoms with van der Waals surface area (Å²) in [6.45, 7) is 4.73. The van der Waals surface area contributed by atoms with E-state index >= 15 is 0 Å². The van der Waals surface area contributed by atoms with Crippen LogP contribution in [0.5, 0.6) is 0 Å². The lowest BCUT2D eigenvalue weighted by atomic mass is 9.48. The Morgan fingerprint density at radius 3 is 2.79 bits per heavy atom. The van der Waals surface area contributed by atoms with Crippen molar-refractivity contribution in [3.8, 4) is 0 Å². The van der Waals surface area contributed by atoms with Crippen LogP contribution in [0.4, 0.5) is 0 Å². The van der Waals surface area contributed by atoms with E-state index in [1.807, 2.05) is 18.2 Å². The van der Waals surface area contributed by atoms with Gasteiger partial charge in [-0.3, -0.25) is 9.59 Å². The SMILES string of the molecule is C[C@]12C=CC(=O)N[C@@H]1CC[C@@H]1[C@@H]2CC[C@]2(C)[C@@H](C(=O)Sc3ccccn3)CC[C@@H]12. The maximum atomic E-state index is 13.2. The molecule has 0 unspecified atom stereocenters. The molecule has 0 aromatic carbocycles. The molecule has 3 aliphatic carbocycles. The molecule has 0 bridgehead atoms. The Hall–Kier alpha value is -1.62. The van der Waals surface area contributed by atoms with Gasteiger partial charge in [-0.25, -0.2) is 4.98 Å². The van der Waals surface area contributed by atoms with Crippen LogP contribution < -0.4 is 5.32 Å². The fourth-order valence-corrected chi connectivity index (χ4v) is 8.30. The van der Waals surface area contributed by atoms with Crippen molar-refractivity contribution in [2.24, 2.45) is 34.5 Å². The summed E-state index contributed by atoms with van der Waals surface area (Å²) < 4.78 is 0. The Bertz CT molecular complexity index is 856. The molecular weight excluding hydrogens is 380 g/mol. The maximum absolute atomic E-state index is 13.2. The Balaban J connectivity index is 1.38. The fraction of sp³-hybridized carbons (Fsp3) is 0.625. The third-order valence-electron chi connectivity index (χ3n) is 8.81. The molecular formula is C24H30N2O2S. The molecule has 1 amide bonds. The summed E-state index contributed by atoms with van der Waals surface area (Å²) in [6.07, 6.45) is 12.4. The number of nitrogens with zero attached hydrogens (tertiary/aromatic N) is 1. The van der Waals surface area contributed by atoms with Crippen molar-refractivity contribution < 1.29 is 9.59 Å². The van der Waals surface area contributed by atoms with Gasteiger partial charge in [0, 0.05) is 23.6 Å². The monoisotopic (exact) mass is 410 g/mol. The van der Waals surface area contributed by atoms with Gasteiger partial charge in [-0.15, -0.1) is 0 Å². The minimum absolute atomic E-state index is 0.0585. The van der Waals surface area contributed by atoms with Gasteiger partial charge in [0.2, 0.25) is 5.91 Å². The zero-order chi connectivity index (χ0) is 20.2. The van der Waals surface area contributed by atoms with Crippen molar-refractivity contribution in [2.45, 2.75) is 63.4 Å². The summed E-state index contributed by atoms with van der Waals surface area (Å²) in [7, 11) is 0. The molecule has 3 saturated carbocycles. The Morgan fingerprint density at radius 1 is 1.14 bits per heavy atom. The molecule has 154 valence electrons. The molecule has 29 heavy (non-hydrogen) atoms. The Morgan fingerprint density at radius 2 is 2.00 bits per heavy atom. The summed E-state index contributed by atoms with van der Waals surface area (Å²) >= 11 is 1.33. The molecule has 1 aromatic rings. The van der Waals surface area contributed by atoms with Crippen molar-refractivity contribution >= 4 is 22.8 Å². The van der Waals surface area contributed by atoms with E-state index in [4.69, 9.17) is 0 Å². The van der Waals surface area contributed by atoms with Crippen LogP contribution in [-0.4, -0.2) is 22.0 Å². The van der Waals surface area contributed by atoms with E-state index in [9.17, 15) is 9.59 Å². The molecule has 3 fully saturated rings. The topological polar surface area (TPSA) is 59.1 Å². The van der Waals surface area contributed by atoms with E-state index in [1.165, 1.54) is 18.2 Å². The number of carbonyl (C=O) groups excluding carboxylic acids is 2. The lowest BCUT2D eigenvalue weighted by Crippen LogP contribution is -2.59. The number of pyridine rings is 1. The Kier molecular flexibility index (Phi) is 4.65. The van der Waals surface area contributed by atoms with Gasteiger partial charge >= 0.3 is 0 Å². The third-order valence-corrected chi connectivity index (χ3v) is 9.75. The molecule has 7 atom stereocenters. The van der Waals surface area contributed by atoms with Gasteiger partial charge in [0.05, 0.1) is 0 Å². The van der Waals surface area contributed by atoms with Gasteiger partial charge < -0.3 is 5.32 Å². The number of aromatic nitrogens is 1. The van der Waals surface area contributed by atoms with Crippen molar-refractivity contribution in [3.05, 3.63) is 36.5 Å². The average Bonchev–Trinajstić information content (AvgIpc) is 3.06. The average molecular weight is 411 g/mol. The number of thioether (sulfide) groups is 1. The summed E-state index contributed by atoms with van der Waals surface area (Å²) in [5.41, 5.74) is 0.161. The van der Waals surface area contributed by atoms with Crippen LogP contribution in [0.2, 0.25) is 0 Å². The smallest absolute Gasteiger partial charge is 0.243 e. The van der Waals surface area contributed by atoms with E-state index in [1.54, 1.807) is 12.3 Å². The highest BCUT2D eigenvalue weighted by atomic mass is 32.2. The number of nitrogens with one attached hydrogen (secondary N) is 1. The van der Waals surface area contributed by atoms with Gasteiger partial charge in [-0.1, -0.05) is 26.0 Å². The molecule has 4 nitrogen and oxygen atoms in total. The lowest BCUT2D eigenvalue weighted by molar-refractivity contribution is -0.126. The second-order valence-corrected chi connectivity index (χ2v) is 11.0. The minimum atomic E-state index is 0.0585. The number of rotatable bonds is 2. The fourth-order valence-electron chi connectivity index (χ4n) is 7.30. The van der Waals surface area contributed by atoms with Crippen LogP contribution >= 0.6 is 11.8 Å². The lowest BCUT2D eigenvalue weighted by Gasteiger charge is -2.58. The van der Waals surface area contributed by atoms with Gasteiger partial charge in [0.15, 0.2) is 5.12 Å². The summed E-state index contributed by atoms with van der Waals surface area (Å²) in [4.78, 5) is 29.4. The minimum Gasteiger partial charge on any atom is -0.349 e. The van der Waals surface area contributed by atoms with Crippen molar-refractivity contribution in [1.29, 1.82) is 0 Å². The summed E-state index contributed by atoms with van der Waals surface area (Å²) in [5, 5.41) is 4.34. The molecule has 0 saturated heterocycles. The number of amides is 1. The molecule has 1 N–H and O–H groups in total. The first-order chi connectivity index (χ1) is 13.9. The van der Waals surface area contributed by atoms with Crippen LogP contribution in [0.15, 0.2) is 41.6 Å². The molecule has 5 rings (SSSR count). The number of carbonyl (C=O) groups is 2. The van der Waals surface area contributed by atoms with Gasteiger partial charge in [0.25, 0.3) is 0 Å². The van der Waals surface area contributed by atoms with E-state index < -0.39 is 0 Å². The zero-order valence-corrected chi connectivity index (χ0v) is 18.1. The second-order valence-electron chi connectivity index (χ2n) is 9.98. The molecule has 0 radical (unpaired) electrons. The molecule has 5 heteroatoms. The predicted octanol–water partition coefficient (Wildman–Crippen LogP) is 4.61. The predicted molar refractivity (Wildman–Crippen MR) is 114 cm³/mol. The maximum Gasteiger partial charge on any atom is 0.243 e. The molecule has 4 aliphatic rings. The highest BCUT2D eigenvalue weighted by molar-refractivity contribution is 8.13. The van der Waals surface area contributed by atoms with Crippen LogP contribution in [0.3, 0.4) is 0 Å². The summed E-state index contributed by atoms with van der Waals surface area (Å²) in [6, 6.07) is 6.04. The third kappa shape index (κ3) is 2.99. The normalized spacial score (nSPS) is 43.1. The number of hydrogen-bond acceptors (Lipinski definition) is 4. The van der Waals surface area contributed by atoms with E-state index in [0.29, 0.717) is 22.9 Å². The quantitative estimate of drug-likeness (QED) is 0.723. The molecule has 1 aromatic heterocycles. The first kappa shape index (κ1) is 19.3. The van der Waals surface area contributed by atoms with Gasteiger partial charge in [0.1, 0.15) is 5.03 Å². The van der Waals surface area contributed by atoms with Crippen LogP contribution in [0.1, 0.15) is 52.4 Å². The van der Waals surface area contributed by atoms with Crippen molar-refractivity contribution in [2.75, 3.05) is 0 Å². The molecule has 2 heterocycles. The van der Waals surface area contributed by atoms with E-state index in [0.717, 1.165) is 37.1 Å². The highest BCUT2D eigenvalue weighted by Crippen LogP contribution is 2.65. The molecule has 0 spiro atoms. The molecule has 1 aliphatic heterocycles. The van der Waals surface area contributed by atoms with Crippen LogP contribution in [-0.2, 0) is 9.59 Å². The largest absolute Gasteiger partial charge is 0.349 e. The number of fused-ring (bicyclic) bond motifs is 5. The summed E-state index contributed by atoms with van der Waals surface area (Å²) in [5.74, 6) is 2.07. The Labute approximate surface area is 177 Å². The number of hydrogen-bond donors (Lipinski definition) is 1. The van der Waals surface area contributed by atoms with Crippen LogP contribution in [0.25, 0.3) is 0 Å². The van der Waals surface area contributed by atoms with Crippen molar-refractivity contribution in [1.82, 2.24) is 10.3 Å². The highest BCUT2D eigenvalue weighted by Gasteiger charge is 2.60. The first-order valence-corrected chi connectivity index (χ1v) is 11.9. The van der Waals surface area contributed by atoms with Crippen molar-refractivity contribution in [3.63, 3.8) is 0 Å². The van der Waals surface area contributed by atoms with E-state index in [-0.39, 0.29) is 28.7 Å². The standard InChI is InChI=1S/C24H30N2O2S/c1-23-12-10-17-15(6-9-19-24(17,2)13-11-20(27)26-19)16(23)7-8-18(23)22(28)29-21-5-3-4-14-25-21/h3-5,11,13-19H,6-10,12H2,1-2H3,(H,26,27)/t15-,16-,17-,18+,19+,23-,24+/m0/s1. The zero-order valence-electron chi connectivity index (χ0n) is 17.3. The second kappa shape index (κ2) is 6.97. The first-order valence-electron chi connectivity index (χ1n) is 11.0. The van der Waals surface area contributed by atoms with Gasteiger partial charge in [-0.05, 0) is 91.7 Å². The van der Waals surface area contributed by atoms with E-state index in [2.05, 4.69) is 30.2 Å². The van der Waals surface area contributed by atoms with Gasteiger partial charge in [-0.2, -0.15) is 0 Å². The van der Waals surface area contributed by atoms with Crippen LogP contribution in [0, 0.1) is 34.5 Å².